The normalized spacial score (nSPS) is 11.3. The second-order valence-electron chi connectivity index (χ2n) is 5.48. The topological polar surface area (TPSA) is 149 Å². The van der Waals surface area contributed by atoms with E-state index in [1.165, 1.54) is 33.3 Å². The van der Waals surface area contributed by atoms with Gasteiger partial charge in [-0.25, -0.2) is 0 Å². The van der Waals surface area contributed by atoms with Gasteiger partial charge < -0.3 is 38.1 Å². The van der Waals surface area contributed by atoms with E-state index in [1.807, 2.05) is 36.4 Å². The number of nitrogens with zero attached hydrogens (tertiary/aromatic N) is 5. The molecule has 2 aromatic rings. The maximum absolute atomic E-state index is 9.63. The summed E-state index contributed by atoms with van der Waals surface area (Å²) >= 11 is 0. The van der Waals surface area contributed by atoms with Gasteiger partial charge in [0.15, 0.2) is 0 Å². The fraction of sp³-hybridized carbons (Fsp3) is 0.238. The molecule has 2 N–H and O–H groups in total. The van der Waals surface area contributed by atoms with Crippen molar-refractivity contribution in [2.45, 2.75) is 34.1 Å². The summed E-state index contributed by atoms with van der Waals surface area (Å²) in [6.45, 7) is 9.70. The van der Waals surface area contributed by atoms with E-state index in [2.05, 4.69) is 44.7 Å². The summed E-state index contributed by atoms with van der Waals surface area (Å²) in [7, 11) is 0. The van der Waals surface area contributed by atoms with Crippen LogP contribution in [0.3, 0.4) is 0 Å². The molecule has 10 heteroatoms. The van der Waals surface area contributed by atoms with Crippen molar-refractivity contribution in [1.82, 2.24) is 4.98 Å². The molecule has 0 bridgehead atoms. The van der Waals surface area contributed by atoms with E-state index in [1.54, 1.807) is 12.4 Å². The zero-order chi connectivity index (χ0) is 23.2. The second-order valence-corrected chi connectivity index (χ2v) is 5.48. The zero-order valence-electron chi connectivity index (χ0n) is 18.0. The molecule has 0 aliphatic heterocycles. The van der Waals surface area contributed by atoms with Gasteiger partial charge in [-0.2, -0.15) is 6.42 Å². The maximum Gasteiger partial charge on any atom is 3.00 e. The number of hydrogen-bond donors (Lipinski definition) is 2. The molecule has 0 aliphatic carbocycles. The molecular formula is C21H28CoN5O4. The minimum Gasteiger partial charge on any atom is -0.792 e. The van der Waals surface area contributed by atoms with E-state index < -0.39 is 0 Å². The van der Waals surface area contributed by atoms with Crippen molar-refractivity contribution in [2.24, 2.45) is 20.6 Å². The Bertz CT molecular complexity index is 692. The Hall–Kier alpha value is -3.24. The van der Waals surface area contributed by atoms with Crippen LogP contribution in [0.1, 0.15) is 33.3 Å². The standard InChI is InChI=1S/C8H9.C5H5N.2C4H8N2O2.Co/c1-2-8-6-4-3-5-7-8;1-2-4-6-5-3-1;2*1-3(5-7)4(2)6-8;/h3-7H,1-2H2;1-5H;2*7-8H,1-2H3;/q-1;;;;+3/p-2/b;;2*5-3+,6-4+;. The fourth-order valence-electron chi connectivity index (χ4n) is 1.23. The third kappa shape index (κ3) is 19.8. The van der Waals surface area contributed by atoms with Crippen LogP contribution in [0, 0.1) is 17.3 Å². The summed E-state index contributed by atoms with van der Waals surface area (Å²) in [5, 5.41) is 45.8. The molecule has 0 saturated heterocycles. The Balaban J connectivity index is -0.000000335. The Labute approximate surface area is 193 Å². The number of oxime groups is 2. The molecule has 9 nitrogen and oxygen atoms in total. The fourth-order valence-corrected chi connectivity index (χ4v) is 1.23. The molecule has 1 heterocycles. The SMILES string of the molecule is CC(=N\[O-])/C(C)=N/O.CC(=N\[O-])/C(C)=N/O.[CH2-]Cc1ccccc1.[Co+3].c1ccncc1. The molecule has 0 unspecified atom stereocenters. The van der Waals surface area contributed by atoms with Crippen LogP contribution in [-0.4, -0.2) is 38.2 Å². The molecule has 0 radical (unpaired) electrons. The van der Waals surface area contributed by atoms with E-state index in [9.17, 15) is 10.4 Å². The largest absolute Gasteiger partial charge is 3.00 e. The number of pyridine rings is 1. The Morgan fingerprint density at radius 2 is 1.16 bits per heavy atom. The summed E-state index contributed by atoms with van der Waals surface area (Å²) in [6, 6.07) is 15.9. The van der Waals surface area contributed by atoms with Crippen LogP contribution in [0.5, 0.6) is 0 Å². The minimum absolute atomic E-state index is 0. The number of rotatable bonds is 3. The van der Waals surface area contributed by atoms with Crippen molar-refractivity contribution in [3.05, 3.63) is 83.8 Å². The summed E-state index contributed by atoms with van der Waals surface area (Å²) in [5.41, 5.74) is 2.20. The van der Waals surface area contributed by atoms with Crippen LogP contribution in [0.2, 0.25) is 0 Å². The monoisotopic (exact) mass is 473 g/mol. The van der Waals surface area contributed by atoms with Gasteiger partial charge in [0.2, 0.25) is 0 Å². The van der Waals surface area contributed by atoms with Crippen LogP contribution in [0.25, 0.3) is 0 Å². The van der Waals surface area contributed by atoms with Crippen LogP contribution in [0.15, 0.2) is 81.5 Å². The van der Waals surface area contributed by atoms with Gasteiger partial charge in [-0.15, -0.1) is 0 Å². The molecule has 170 valence electrons. The average molecular weight is 473 g/mol. The van der Waals surface area contributed by atoms with Crippen LogP contribution in [0.4, 0.5) is 0 Å². The molecule has 0 aliphatic rings. The molecule has 1 aromatic carbocycles. The first-order chi connectivity index (χ1) is 14.4. The van der Waals surface area contributed by atoms with Crippen molar-refractivity contribution in [3.63, 3.8) is 0 Å². The molecule has 31 heavy (non-hydrogen) atoms. The average Bonchev–Trinajstić information content (AvgIpc) is 2.84. The molecule has 0 fully saturated rings. The van der Waals surface area contributed by atoms with Crippen LogP contribution in [-0.2, 0) is 23.2 Å². The summed E-state index contributed by atoms with van der Waals surface area (Å²) in [6.07, 6.45) is 4.39. The van der Waals surface area contributed by atoms with Crippen LogP contribution >= 0.6 is 0 Å². The molecule has 0 amide bonds. The molecular weight excluding hydrogens is 445 g/mol. The second kappa shape index (κ2) is 23.0. The summed E-state index contributed by atoms with van der Waals surface area (Å²) < 4.78 is 0. The van der Waals surface area contributed by atoms with Gasteiger partial charge in [0.1, 0.15) is 0 Å². The molecule has 1 aromatic heterocycles. The number of aromatic nitrogens is 1. The predicted molar refractivity (Wildman–Crippen MR) is 122 cm³/mol. The van der Waals surface area contributed by atoms with E-state index in [0.29, 0.717) is 0 Å². The Morgan fingerprint density at radius 3 is 1.32 bits per heavy atom. The summed E-state index contributed by atoms with van der Waals surface area (Å²) in [5.74, 6) is 0. The van der Waals surface area contributed by atoms with Gasteiger partial charge in [-0.3, -0.25) is 4.98 Å². The van der Waals surface area contributed by atoms with Gasteiger partial charge in [-0.05, 0) is 39.8 Å². The van der Waals surface area contributed by atoms with Gasteiger partial charge in [-0.1, -0.05) is 52.3 Å². The Kier molecular flexibility index (Phi) is 24.1. The number of hydrogen-bond acceptors (Lipinski definition) is 9. The van der Waals surface area contributed by atoms with Crippen molar-refractivity contribution in [3.8, 4) is 0 Å². The van der Waals surface area contributed by atoms with Gasteiger partial charge in [0, 0.05) is 12.4 Å². The quantitative estimate of drug-likeness (QED) is 0.286. The van der Waals surface area contributed by atoms with E-state index in [0.717, 1.165) is 6.42 Å². The maximum atomic E-state index is 9.63. The molecule has 0 atom stereocenters. The van der Waals surface area contributed by atoms with Crippen LogP contribution < -0.4 is 0 Å². The first-order valence-electron chi connectivity index (χ1n) is 8.77. The molecule has 0 spiro atoms. The van der Waals surface area contributed by atoms with Gasteiger partial charge in [0.25, 0.3) is 0 Å². The predicted octanol–water partition coefficient (Wildman–Crippen LogP) is 4.73. The van der Waals surface area contributed by atoms with E-state index in [-0.39, 0.29) is 39.6 Å². The van der Waals surface area contributed by atoms with Crippen molar-refractivity contribution < 1.29 is 27.2 Å². The zero-order valence-corrected chi connectivity index (χ0v) is 19.0. The van der Waals surface area contributed by atoms with Gasteiger partial charge >= 0.3 is 16.8 Å². The molecule has 2 rings (SSSR count). The minimum atomic E-state index is 0. The smallest absolute Gasteiger partial charge is 0.792 e. The number of benzene rings is 1. The Morgan fingerprint density at radius 1 is 0.774 bits per heavy atom. The van der Waals surface area contributed by atoms with E-state index in [4.69, 9.17) is 10.4 Å². The first kappa shape index (κ1) is 32.4. The first-order valence-corrected chi connectivity index (χ1v) is 8.77. The third-order valence-electron chi connectivity index (χ3n) is 3.32. The molecule has 0 saturated carbocycles. The summed E-state index contributed by atoms with van der Waals surface area (Å²) in [4.78, 5) is 3.78. The third-order valence-corrected chi connectivity index (χ3v) is 3.32. The van der Waals surface area contributed by atoms with Crippen molar-refractivity contribution in [2.75, 3.05) is 0 Å². The van der Waals surface area contributed by atoms with E-state index >= 15 is 0 Å². The van der Waals surface area contributed by atoms with Gasteiger partial charge in [0.05, 0.1) is 22.8 Å². The van der Waals surface area contributed by atoms with Crippen molar-refractivity contribution >= 4 is 22.8 Å². The van der Waals surface area contributed by atoms with Crippen molar-refractivity contribution in [1.29, 1.82) is 0 Å².